The lowest BCUT2D eigenvalue weighted by Crippen LogP contribution is -2.36. The van der Waals surface area contributed by atoms with Gasteiger partial charge in [0.15, 0.2) is 17.5 Å². The number of methoxy groups -OCH3 is 1. The van der Waals surface area contributed by atoms with Crippen molar-refractivity contribution in [3.05, 3.63) is 64.6 Å². The lowest BCUT2D eigenvalue weighted by molar-refractivity contribution is 0.0729. The van der Waals surface area contributed by atoms with Crippen molar-refractivity contribution in [1.29, 1.82) is 0 Å². The number of carbonyl (C=O) groups excluding carboxylic acids is 1. The number of rotatable bonds is 2. The molecule has 1 N–H and O–H groups in total. The summed E-state index contributed by atoms with van der Waals surface area (Å²) in [6, 6.07) is 7.34. The molecule has 0 bridgehead atoms. The molecule has 0 radical (unpaired) electrons. The monoisotopic (exact) mass is 360 g/mol. The average molecular weight is 360 g/mol. The maximum absolute atomic E-state index is 14.0. The molecule has 1 aliphatic rings. The second kappa shape index (κ2) is 6.09. The van der Waals surface area contributed by atoms with E-state index in [4.69, 9.17) is 4.74 Å². The lowest BCUT2D eigenvalue weighted by atomic mass is 10.0. The van der Waals surface area contributed by atoms with E-state index in [0.29, 0.717) is 18.7 Å². The molecule has 2 heterocycles. The number of nitrogens with zero attached hydrogens (tertiary/aromatic N) is 1. The van der Waals surface area contributed by atoms with Crippen molar-refractivity contribution in [2.75, 3.05) is 13.7 Å². The van der Waals surface area contributed by atoms with Gasteiger partial charge in [0.05, 0.1) is 18.2 Å². The van der Waals surface area contributed by atoms with Gasteiger partial charge < -0.3 is 14.6 Å². The van der Waals surface area contributed by atoms with E-state index in [9.17, 15) is 18.0 Å². The van der Waals surface area contributed by atoms with Crippen molar-refractivity contribution in [3.63, 3.8) is 0 Å². The molecule has 26 heavy (non-hydrogen) atoms. The highest BCUT2D eigenvalue weighted by Gasteiger charge is 2.28. The van der Waals surface area contributed by atoms with Gasteiger partial charge in [-0.2, -0.15) is 0 Å². The van der Waals surface area contributed by atoms with Crippen LogP contribution in [0.4, 0.5) is 13.2 Å². The van der Waals surface area contributed by atoms with E-state index in [1.807, 2.05) is 18.2 Å². The number of nitrogens with one attached hydrogen (secondary N) is 1. The number of hydrogen-bond acceptors (Lipinski definition) is 2. The first kappa shape index (κ1) is 16.5. The molecule has 0 saturated heterocycles. The highest BCUT2D eigenvalue weighted by Crippen LogP contribution is 2.33. The molecule has 1 amide bonds. The molecular formula is C19H15F3N2O2. The summed E-state index contributed by atoms with van der Waals surface area (Å²) in [5.41, 5.74) is 2.28. The van der Waals surface area contributed by atoms with E-state index >= 15 is 0 Å². The molecule has 1 aromatic heterocycles. The molecule has 0 spiro atoms. The summed E-state index contributed by atoms with van der Waals surface area (Å²) >= 11 is 0. The Kier molecular flexibility index (Phi) is 3.86. The number of halogens is 3. The van der Waals surface area contributed by atoms with Crippen LogP contribution in [0, 0.1) is 17.5 Å². The first-order valence-corrected chi connectivity index (χ1v) is 8.10. The topological polar surface area (TPSA) is 45.3 Å². The van der Waals surface area contributed by atoms with Crippen LogP contribution >= 0.6 is 0 Å². The molecule has 0 unspecified atom stereocenters. The zero-order valence-corrected chi connectivity index (χ0v) is 13.9. The zero-order chi connectivity index (χ0) is 18.4. The van der Waals surface area contributed by atoms with E-state index < -0.39 is 28.9 Å². The van der Waals surface area contributed by atoms with Crippen LogP contribution in [0.5, 0.6) is 5.75 Å². The van der Waals surface area contributed by atoms with Gasteiger partial charge in [0.1, 0.15) is 5.75 Å². The Morgan fingerprint density at radius 1 is 1.15 bits per heavy atom. The SMILES string of the molecule is COc1cccc2c3c([nH]c12)CCN(C(=O)c1ccc(F)c(F)c1F)C3. The third-order valence-electron chi connectivity index (χ3n) is 4.74. The largest absolute Gasteiger partial charge is 0.495 e. The Morgan fingerprint density at radius 2 is 1.96 bits per heavy atom. The Labute approximate surface area is 147 Å². The second-order valence-corrected chi connectivity index (χ2v) is 6.16. The zero-order valence-electron chi connectivity index (χ0n) is 13.9. The third-order valence-corrected chi connectivity index (χ3v) is 4.74. The number of ether oxygens (including phenoxy) is 1. The number of para-hydroxylation sites is 1. The number of amides is 1. The van der Waals surface area contributed by atoms with Crippen LogP contribution in [-0.2, 0) is 13.0 Å². The number of H-pyrrole nitrogens is 1. The van der Waals surface area contributed by atoms with Gasteiger partial charge >= 0.3 is 0 Å². The van der Waals surface area contributed by atoms with Gasteiger partial charge in [-0.25, -0.2) is 13.2 Å². The predicted molar refractivity (Wildman–Crippen MR) is 89.6 cm³/mol. The third kappa shape index (κ3) is 2.42. The molecule has 3 aromatic rings. The molecule has 0 fully saturated rings. The van der Waals surface area contributed by atoms with Gasteiger partial charge in [-0.3, -0.25) is 4.79 Å². The van der Waals surface area contributed by atoms with Gasteiger partial charge in [0, 0.05) is 36.2 Å². The first-order valence-electron chi connectivity index (χ1n) is 8.10. The summed E-state index contributed by atoms with van der Waals surface area (Å²) in [7, 11) is 1.58. The summed E-state index contributed by atoms with van der Waals surface area (Å²) in [5.74, 6) is -4.37. The number of aromatic amines is 1. The Morgan fingerprint density at radius 3 is 2.73 bits per heavy atom. The molecule has 0 atom stereocenters. The van der Waals surface area contributed by atoms with Gasteiger partial charge in [0.2, 0.25) is 0 Å². The molecule has 0 aliphatic carbocycles. The minimum atomic E-state index is -1.63. The molecule has 1 aliphatic heterocycles. The summed E-state index contributed by atoms with van der Waals surface area (Å²) in [6.07, 6.45) is 0.546. The first-order chi connectivity index (χ1) is 12.5. The van der Waals surface area contributed by atoms with E-state index in [1.54, 1.807) is 7.11 Å². The quantitative estimate of drug-likeness (QED) is 0.707. The maximum Gasteiger partial charge on any atom is 0.257 e. The number of fused-ring (bicyclic) bond motifs is 3. The molecule has 4 nitrogen and oxygen atoms in total. The average Bonchev–Trinajstić information content (AvgIpc) is 3.03. The highest BCUT2D eigenvalue weighted by molar-refractivity contribution is 5.96. The fourth-order valence-electron chi connectivity index (χ4n) is 3.42. The Bertz CT molecular complexity index is 1030. The van der Waals surface area contributed by atoms with Gasteiger partial charge in [-0.1, -0.05) is 12.1 Å². The van der Waals surface area contributed by atoms with Crippen LogP contribution in [0.3, 0.4) is 0 Å². The van der Waals surface area contributed by atoms with Crippen LogP contribution in [0.1, 0.15) is 21.6 Å². The summed E-state index contributed by atoms with van der Waals surface area (Å²) in [4.78, 5) is 17.4. The number of aromatic nitrogens is 1. The van der Waals surface area contributed by atoms with Crippen molar-refractivity contribution < 1.29 is 22.7 Å². The van der Waals surface area contributed by atoms with Crippen LogP contribution in [0.15, 0.2) is 30.3 Å². The number of benzene rings is 2. The number of carbonyl (C=O) groups is 1. The van der Waals surface area contributed by atoms with Crippen molar-refractivity contribution in [3.8, 4) is 5.75 Å². The standard InChI is InChI=1S/C19H15F3N2O2/c1-26-15-4-2-3-10-12-9-24(8-7-14(12)23-18(10)15)19(25)11-5-6-13(20)17(22)16(11)21/h2-6,23H,7-9H2,1H3. The molecule has 4 rings (SSSR count). The molecular weight excluding hydrogens is 345 g/mol. The molecule has 0 saturated carbocycles. The molecule has 7 heteroatoms. The van der Waals surface area contributed by atoms with Crippen LogP contribution in [-0.4, -0.2) is 29.4 Å². The fraction of sp³-hybridized carbons (Fsp3) is 0.211. The minimum Gasteiger partial charge on any atom is -0.495 e. The van der Waals surface area contributed by atoms with Gasteiger partial charge in [-0.15, -0.1) is 0 Å². The summed E-state index contributed by atoms with van der Waals surface area (Å²) in [5, 5.41) is 0.919. The smallest absolute Gasteiger partial charge is 0.257 e. The Balaban J connectivity index is 1.71. The predicted octanol–water partition coefficient (Wildman–Crippen LogP) is 3.79. The maximum atomic E-state index is 14.0. The Hall–Kier alpha value is -2.96. The van der Waals surface area contributed by atoms with Crippen molar-refractivity contribution in [1.82, 2.24) is 9.88 Å². The van der Waals surface area contributed by atoms with Gasteiger partial charge in [0.25, 0.3) is 5.91 Å². The summed E-state index contributed by atoms with van der Waals surface area (Å²) in [6.45, 7) is 0.596. The fourth-order valence-corrected chi connectivity index (χ4v) is 3.42. The van der Waals surface area contributed by atoms with Crippen LogP contribution < -0.4 is 4.74 Å². The minimum absolute atomic E-state index is 0.250. The van der Waals surface area contributed by atoms with Crippen LogP contribution in [0.25, 0.3) is 10.9 Å². The highest BCUT2D eigenvalue weighted by atomic mass is 19.2. The molecule has 2 aromatic carbocycles. The lowest BCUT2D eigenvalue weighted by Gasteiger charge is -2.27. The normalized spacial score (nSPS) is 13.8. The van der Waals surface area contributed by atoms with E-state index in [1.165, 1.54) is 4.90 Å². The van der Waals surface area contributed by atoms with E-state index in [-0.39, 0.29) is 6.54 Å². The van der Waals surface area contributed by atoms with E-state index in [2.05, 4.69) is 4.98 Å². The summed E-state index contributed by atoms with van der Waals surface area (Å²) < 4.78 is 45.9. The number of hydrogen-bond donors (Lipinski definition) is 1. The second-order valence-electron chi connectivity index (χ2n) is 6.16. The molecule has 134 valence electrons. The van der Waals surface area contributed by atoms with Crippen molar-refractivity contribution in [2.24, 2.45) is 0 Å². The van der Waals surface area contributed by atoms with E-state index in [0.717, 1.165) is 34.3 Å². The van der Waals surface area contributed by atoms with Gasteiger partial charge in [-0.05, 0) is 18.2 Å². The van der Waals surface area contributed by atoms with Crippen molar-refractivity contribution >= 4 is 16.8 Å². The van der Waals surface area contributed by atoms with Crippen LogP contribution in [0.2, 0.25) is 0 Å². The van der Waals surface area contributed by atoms with Crippen molar-refractivity contribution in [2.45, 2.75) is 13.0 Å².